The SMILES string of the molecule is CNCc1ccc(OC)c(OC(C)C(N)=O)c1. The monoisotopic (exact) mass is 238 g/mol. The van der Waals surface area contributed by atoms with Crippen molar-refractivity contribution >= 4 is 5.91 Å². The number of nitrogens with two attached hydrogens (primary N) is 1. The molecule has 3 N–H and O–H groups in total. The van der Waals surface area contributed by atoms with Crippen molar-refractivity contribution in [2.24, 2.45) is 5.73 Å². The maximum atomic E-state index is 11.0. The van der Waals surface area contributed by atoms with Crippen LogP contribution in [0, 0.1) is 0 Å². The molecular weight excluding hydrogens is 220 g/mol. The van der Waals surface area contributed by atoms with Gasteiger partial charge in [0.25, 0.3) is 5.91 Å². The van der Waals surface area contributed by atoms with Gasteiger partial charge in [-0.1, -0.05) is 6.07 Å². The third-order valence-electron chi connectivity index (χ3n) is 2.31. The van der Waals surface area contributed by atoms with Crippen molar-refractivity contribution in [3.63, 3.8) is 0 Å². The van der Waals surface area contributed by atoms with Crippen LogP contribution in [0.15, 0.2) is 18.2 Å². The van der Waals surface area contributed by atoms with Crippen molar-refractivity contribution in [2.45, 2.75) is 19.6 Å². The fourth-order valence-electron chi connectivity index (χ4n) is 1.38. The van der Waals surface area contributed by atoms with E-state index in [1.165, 1.54) is 0 Å². The molecular formula is C12H18N2O3. The smallest absolute Gasteiger partial charge is 0.258 e. The van der Waals surface area contributed by atoms with E-state index in [0.717, 1.165) is 5.56 Å². The predicted octanol–water partition coefficient (Wildman–Crippen LogP) is 0.667. The molecule has 1 rings (SSSR count). The Bertz CT molecular complexity index is 393. The fraction of sp³-hybridized carbons (Fsp3) is 0.417. The van der Waals surface area contributed by atoms with Crippen molar-refractivity contribution in [3.8, 4) is 11.5 Å². The lowest BCUT2D eigenvalue weighted by atomic mass is 10.2. The van der Waals surface area contributed by atoms with Gasteiger partial charge in [-0.15, -0.1) is 0 Å². The van der Waals surface area contributed by atoms with Gasteiger partial charge in [-0.05, 0) is 31.7 Å². The van der Waals surface area contributed by atoms with Gasteiger partial charge >= 0.3 is 0 Å². The molecule has 94 valence electrons. The molecule has 1 aromatic carbocycles. The standard InChI is InChI=1S/C12H18N2O3/c1-8(12(13)15)17-11-6-9(7-14-2)4-5-10(11)16-3/h4-6,8,14H,7H2,1-3H3,(H2,13,15). The number of hydrogen-bond acceptors (Lipinski definition) is 4. The Labute approximate surface area is 101 Å². The first-order valence-corrected chi connectivity index (χ1v) is 5.36. The van der Waals surface area contributed by atoms with Gasteiger partial charge in [0.05, 0.1) is 7.11 Å². The molecule has 0 aliphatic rings. The van der Waals surface area contributed by atoms with Crippen molar-refractivity contribution in [2.75, 3.05) is 14.2 Å². The number of benzene rings is 1. The van der Waals surface area contributed by atoms with Crippen LogP contribution in [0.2, 0.25) is 0 Å². The van der Waals surface area contributed by atoms with Crippen LogP contribution >= 0.6 is 0 Å². The highest BCUT2D eigenvalue weighted by atomic mass is 16.5. The summed E-state index contributed by atoms with van der Waals surface area (Å²) < 4.78 is 10.6. The summed E-state index contributed by atoms with van der Waals surface area (Å²) in [5, 5.41) is 3.04. The molecule has 5 heteroatoms. The summed E-state index contributed by atoms with van der Waals surface area (Å²) in [4.78, 5) is 11.0. The molecule has 5 nitrogen and oxygen atoms in total. The number of primary amides is 1. The van der Waals surface area contributed by atoms with Crippen molar-refractivity contribution < 1.29 is 14.3 Å². The van der Waals surface area contributed by atoms with Gasteiger partial charge in [0.2, 0.25) is 0 Å². The molecule has 1 atom stereocenters. The number of nitrogens with one attached hydrogen (secondary N) is 1. The minimum atomic E-state index is -0.686. The van der Waals surface area contributed by atoms with Gasteiger partial charge in [-0.2, -0.15) is 0 Å². The molecule has 0 spiro atoms. The zero-order valence-corrected chi connectivity index (χ0v) is 10.3. The van der Waals surface area contributed by atoms with Crippen LogP contribution in [0.5, 0.6) is 11.5 Å². The second kappa shape index (κ2) is 6.10. The zero-order chi connectivity index (χ0) is 12.8. The quantitative estimate of drug-likeness (QED) is 0.764. The van der Waals surface area contributed by atoms with Crippen LogP contribution in [-0.4, -0.2) is 26.2 Å². The van der Waals surface area contributed by atoms with Crippen LogP contribution in [-0.2, 0) is 11.3 Å². The molecule has 0 saturated carbocycles. The lowest BCUT2D eigenvalue weighted by molar-refractivity contribution is -0.124. The van der Waals surface area contributed by atoms with Gasteiger partial charge in [0.1, 0.15) is 0 Å². The van der Waals surface area contributed by atoms with Gasteiger partial charge in [-0.25, -0.2) is 0 Å². The van der Waals surface area contributed by atoms with Crippen LogP contribution < -0.4 is 20.5 Å². The summed E-state index contributed by atoms with van der Waals surface area (Å²) in [6, 6.07) is 5.56. The van der Waals surface area contributed by atoms with E-state index in [2.05, 4.69) is 5.32 Å². The highest BCUT2D eigenvalue weighted by Gasteiger charge is 2.14. The van der Waals surface area contributed by atoms with E-state index in [9.17, 15) is 4.79 Å². The Balaban J connectivity index is 2.93. The van der Waals surface area contributed by atoms with Crippen molar-refractivity contribution in [3.05, 3.63) is 23.8 Å². The molecule has 0 aromatic heterocycles. The minimum Gasteiger partial charge on any atom is -0.493 e. The lowest BCUT2D eigenvalue weighted by Crippen LogP contribution is -2.30. The Morgan fingerprint density at radius 1 is 1.47 bits per heavy atom. The van der Waals surface area contributed by atoms with E-state index in [1.807, 2.05) is 19.2 Å². The highest BCUT2D eigenvalue weighted by molar-refractivity contribution is 5.78. The first kappa shape index (κ1) is 13.3. The minimum absolute atomic E-state index is 0.508. The summed E-state index contributed by atoms with van der Waals surface area (Å²) >= 11 is 0. The van der Waals surface area contributed by atoms with Crippen LogP contribution in [0.3, 0.4) is 0 Å². The third-order valence-corrected chi connectivity index (χ3v) is 2.31. The molecule has 0 radical (unpaired) electrons. The highest BCUT2D eigenvalue weighted by Crippen LogP contribution is 2.28. The molecule has 0 bridgehead atoms. The summed E-state index contributed by atoms with van der Waals surface area (Å²) in [5.74, 6) is 0.593. The normalized spacial score (nSPS) is 11.9. The number of hydrogen-bond donors (Lipinski definition) is 2. The van der Waals surface area contributed by atoms with Gasteiger partial charge < -0.3 is 20.5 Å². The average molecular weight is 238 g/mol. The van der Waals surface area contributed by atoms with Crippen LogP contribution in [0.4, 0.5) is 0 Å². The molecule has 0 fully saturated rings. The molecule has 0 aliphatic carbocycles. The Kier molecular flexibility index (Phi) is 4.78. The number of rotatable bonds is 6. The molecule has 1 unspecified atom stereocenters. The summed E-state index contributed by atoms with van der Waals surface area (Å²) in [5.41, 5.74) is 6.20. The van der Waals surface area contributed by atoms with E-state index in [0.29, 0.717) is 18.0 Å². The largest absolute Gasteiger partial charge is 0.493 e. The first-order chi connectivity index (χ1) is 8.08. The summed E-state index contributed by atoms with van der Waals surface area (Å²) in [6.07, 6.45) is -0.686. The zero-order valence-electron chi connectivity index (χ0n) is 10.3. The second-order valence-corrected chi connectivity index (χ2v) is 3.68. The van der Waals surface area contributed by atoms with Crippen LogP contribution in [0.25, 0.3) is 0 Å². The first-order valence-electron chi connectivity index (χ1n) is 5.36. The van der Waals surface area contributed by atoms with E-state index >= 15 is 0 Å². The summed E-state index contributed by atoms with van der Waals surface area (Å²) in [6.45, 7) is 2.32. The maximum absolute atomic E-state index is 11.0. The molecule has 0 aliphatic heterocycles. The van der Waals surface area contributed by atoms with Crippen LogP contribution in [0.1, 0.15) is 12.5 Å². The average Bonchev–Trinajstić information content (AvgIpc) is 2.29. The Morgan fingerprint density at radius 3 is 2.71 bits per heavy atom. The third kappa shape index (κ3) is 3.64. The van der Waals surface area contributed by atoms with Gasteiger partial charge in [0.15, 0.2) is 17.6 Å². The molecule has 1 aromatic rings. The van der Waals surface area contributed by atoms with E-state index < -0.39 is 12.0 Å². The summed E-state index contributed by atoms with van der Waals surface area (Å²) in [7, 11) is 3.41. The van der Waals surface area contributed by atoms with E-state index in [-0.39, 0.29) is 0 Å². The number of carbonyl (C=O) groups is 1. The Hall–Kier alpha value is -1.75. The lowest BCUT2D eigenvalue weighted by Gasteiger charge is -2.15. The van der Waals surface area contributed by atoms with E-state index in [1.54, 1.807) is 20.1 Å². The van der Waals surface area contributed by atoms with Crippen molar-refractivity contribution in [1.29, 1.82) is 0 Å². The fourth-order valence-corrected chi connectivity index (χ4v) is 1.38. The topological polar surface area (TPSA) is 73.6 Å². The number of ether oxygens (including phenoxy) is 2. The molecule has 17 heavy (non-hydrogen) atoms. The molecule has 0 saturated heterocycles. The number of methoxy groups -OCH3 is 1. The molecule has 0 heterocycles. The molecule has 1 amide bonds. The van der Waals surface area contributed by atoms with Gasteiger partial charge in [-0.3, -0.25) is 4.79 Å². The van der Waals surface area contributed by atoms with E-state index in [4.69, 9.17) is 15.2 Å². The Morgan fingerprint density at radius 2 is 2.18 bits per heavy atom. The maximum Gasteiger partial charge on any atom is 0.258 e. The number of amides is 1. The number of carbonyl (C=O) groups excluding carboxylic acids is 1. The van der Waals surface area contributed by atoms with Crippen molar-refractivity contribution in [1.82, 2.24) is 5.32 Å². The van der Waals surface area contributed by atoms with Gasteiger partial charge in [0, 0.05) is 6.54 Å². The predicted molar refractivity (Wildman–Crippen MR) is 65.0 cm³/mol. The second-order valence-electron chi connectivity index (χ2n) is 3.68.